The molecule has 132 valence electrons. The fourth-order valence-electron chi connectivity index (χ4n) is 3.64. The predicted octanol–water partition coefficient (Wildman–Crippen LogP) is 1.31. The molecule has 0 bridgehead atoms. The molecule has 0 aliphatic carbocycles. The minimum absolute atomic E-state index is 0.0921. The van der Waals surface area contributed by atoms with E-state index in [-0.39, 0.29) is 5.91 Å². The quantitative estimate of drug-likeness (QED) is 0.822. The van der Waals surface area contributed by atoms with Crippen LogP contribution < -0.4 is 15.5 Å². The average Bonchev–Trinajstić information content (AvgIpc) is 3.16. The topological polar surface area (TPSA) is 66.5 Å². The van der Waals surface area contributed by atoms with Gasteiger partial charge in [-0.05, 0) is 50.4 Å². The highest BCUT2D eigenvalue weighted by Gasteiger charge is 2.39. The van der Waals surface area contributed by atoms with Gasteiger partial charge < -0.3 is 20.3 Å². The number of carbonyl (C=O) groups excluding carboxylic acids is 1. The van der Waals surface area contributed by atoms with Crippen LogP contribution in [0.3, 0.4) is 0 Å². The summed E-state index contributed by atoms with van der Waals surface area (Å²) in [5.41, 5.74) is 0.635. The van der Waals surface area contributed by atoms with Crippen molar-refractivity contribution in [3.05, 3.63) is 23.9 Å². The number of hydrogen-bond donors (Lipinski definition) is 2. The van der Waals surface area contributed by atoms with E-state index >= 15 is 0 Å². The number of nitrogens with zero attached hydrogens (tertiary/aromatic N) is 2. The van der Waals surface area contributed by atoms with E-state index in [1.807, 2.05) is 6.20 Å². The molecule has 1 aromatic heterocycles. The highest BCUT2D eigenvalue weighted by molar-refractivity contribution is 5.83. The summed E-state index contributed by atoms with van der Waals surface area (Å²) in [6.07, 6.45) is 6.00. The Morgan fingerprint density at radius 1 is 1.33 bits per heavy atom. The van der Waals surface area contributed by atoms with Crippen molar-refractivity contribution in [2.45, 2.75) is 32.2 Å². The number of methoxy groups -OCH3 is 1. The highest BCUT2D eigenvalue weighted by atomic mass is 16.5. The lowest BCUT2D eigenvalue weighted by atomic mass is 9.78. The molecule has 6 nitrogen and oxygen atoms in total. The predicted molar refractivity (Wildman–Crippen MR) is 93.9 cm³/mol. The molecule has 6 heteroatoms. The van der Waals surface area contributed by atoms with Crippen molar-refractivity contribution in [3.63, 3.8) is 0 Å². The molecule has 0 unspecified atom stereocenters. The summed E-state index contributed by atoms with van der Waals surface area (Å²) in [5.74, 6) is 1.13. The Morgan fingerprint density at radius 2 is 2.08 bits per heavy atom. The number of ether oxygens (including phenoxy) is 1. The first-order valence-electron chi connectivity index (χ1n) is 8.91. The second-order valence-corrected chi connectivity index (χ2v) is 6.86. The van der Waals surface area contributed by atoms with Crippen molar-refractivity contribution in [2.24, 2.45) is 5.41 Å². The Labute approximate surface area is 144 Å². The molecule has 24 heavy (non-hydrogen) atoms. The molecule has 3 heterocycles. The summed E-state index contributed by atoms with van der Waals surface area (Å²) >= 11 is 0. The minimum Gasteiger partial charge on any atom is -0.384 e. The molecule has 1 amide bonds. The number of hydrogen-bond acceptors (Lipinski definition) is 5. The largest absolute Gasteiger partial charge is 0.384 e. The van der Waals surface area contributed by atoms with Gasteiger partial charge in [0.15, 0.2) is 0 Å². The molecular weight excluding hydrogens is 304 g/mol. The summed E-state index contributed by atoms with van der Waals surface area (Å²) in [6, 6.07) is 4.12. The number of nitrogens with one attached hydrogen (secondary N) is 2. The van der Waals surface area contributed by atoms with Crippen molar-refractivity contribution >= 4 is 11.7 Å². The standard InChI is InChI=1S/C18H28N4O2/c1-24-14-18(6-8-19-9-7-18)17(23)21-13-15-4-5-16(20-12-15)22-10-2-3-11-22/h4-5,12,19H,2-3,6-11,13-14H2,1H3,(H,21,23). The van der Waals surface area contributed by atoms with Crippen LogP contribution >= 0.6 is 0 Å². The van der Waals surface area contributed by atoms with Crippen molar-refractivity contribution in [2.75, 3.05) is 44.8 Å². The van der Waals surface area contributed by atoms with Crippen molar-refractivity contribution in [1.82, 2.24) is 15.6 Å². The highest BCUT2D eigenvalue weighted by Crippen LogP contribution is 2.29. The fourth-order valence-corrected chi connectivity index (χ4v) is 3.64. The SMILES string of the molecule is COCC1(C(=O)NCc2ccc(N3CCCC3)nc2)CCNCC1. The van der Waals surface area contributed by atoms with Gasteiger partial charge in [-0.3, -0.25) is 4.79 Å². The molecule has 0 spiro atoms. The number of pyridine rings is 1. The first kappa shape index (κ1) is 17.2. The third-order valence-corrected chi connectivity index (χ3v) is 5.16. The number of aromatic nitrogens is 1. The Kier molecular flexibility index (Phi) is 5.68. The van der Waals surface area contributed by atoms with E-state index in [2.05, 4.69) is 32.7 Å². The Balaban J connectivity index is 1.56. The van der Waals surface area contributed by atoms with E-state index in [9.17, 15) is 4.79 Å². The lowest BCUT2D eigenvalue weighted by Crippen LogP contribution is -2.49. The van der Waals surface area contributed by atoms with Gasteiger partial charge in [-0.25, -0.2) is 4.98 Å². The van der Waals surface area contributed by atoms with Crippen LogP contribution in [0.1, 0.15) is 31.2 Å². The first-order valence-corrected chi connectivity index (χ1v) is 8.91. The van der Waals surface area contributed by atoms with E-state index in [4.69, 9.17) is 4.74 Å². The summed E-state index contributed by atoms with van der Waals surface area (Å²) in [6.45, 7) is 4.91. The molecule has 0 saturated carbocycles. The van der Waals surface area contributed by atoms with Crippen LogP contribution in [0.15, 0.2) is 18.3 Å². The molecule has 2 aliphatic heterocycles. The number of piperidine rings is 1. The van der Waals surface area contributed by atoms with Crippen LogP contribution in [0, 0.1) is 5.41 Å². The monoisotopic (exact) mass is 332 g/mol. The Hall–Kier alpha value is -1.66. The van der Waals surface area contributed by atoms with Gasteiger partial charge in [0, 0.05) is 32.9 Å². The maximum Gasteiger partial charge on any atom is 0.228 e. The van der Waals surface area contributed by atoms with E-state index in [0.717, 1.165) is 50.4 Å². The van der Waals surface area contributed by atoms with Gasteiger partial charge in [-0.2, -0.15) is 0 Å². The molecule has 3 rings (SSSR count). The molecule has 0 atom stereocenters. The van der Waals surface area contributed by atoms with Crippen LogP contribution in [0.2, 0.25) is 0 Å². The lowest BCUT2D eigenvalue weighted by Gasteiger charge is -2.35. The molecule has 2 fully saturated rings. The zero-order valence-electron chi connectivity index (χ0n) is 14.5. The minimum atomic E-state index is -0.400. The van der Waals surface area contributed by atoms with Gasteiger partial charge in [-0.1, -0.05) is 6.07 Å². The average molecular weight is 332 g/mol. The lowest BCUT2D eigenvalue weighted by molar-refractivity contribution is -0.136. The third kappa shape index (κ3) is 3.87. The maximum absolute atomic E-state index is 12.7. The van der Waals surface area contributed by atoms with Gasteiger partial charge in [0.25, 0.3) is 0 Å². The number of anilines is 1. The fraction of sp³-hybridized carbons (Fsp3) is 0.667. The summed E-state index contributed by atoms with van der Waals surface area (Å²) in [7, 11) is 1.66. The summed E-state index contributed by atoms with van der Waals surface area (Å²) < 4.78 is 5.32. The van der Waals surface area contributed by atoms with Gasteiger partial charge in [0.1, 0.15) is 5.82 Å². The zero-order chi connectivity index (χ0) is 16.8. The summed E-state index contributed by atoms with van der Waals surface area (Å²) in [5, 5.41) is 6.39. The second kappa shape index (κ2) is 7.94. The maximum atomic E-state index is 12.7. The van der Waals surface area contributed by atoms with Crippen LogP contribution in [-0.4, -0.2) is 50.8 Å². The van der Waals surface area contributed by atoms with Crippen molar-refractivity contribution in [1.29, 1.82) is 0 Å². The van der Waals surface area contributed by atoms with Gasteiger partial charge >= 0.3 is 0 Å². The van der Waals surface area contributed by atoms with E-state index in [1.54, 1.807) is 7.11 Å². The Morgan fingerprint density at radius 3 is 2.71 bits per heavy atom. The normalized spacial score (nSPS) is 20.1. The molecular formula is C18H28N4O2. The molecule has 1 aromatic rings. The molecule has 0 radical (unpaired) electrons. The van der Waals surface area contributed by atoms with Crippen molar-refractivity contribution < 1.29 is 9.53 Å². The number of carbonyl (C=O) groups is 1. The second-order valence-electron chi connectivity index (χ2n) is 6.86. The van der Waals surface area contributed by atoms with E-state index in [0.29, 0.717) is 13.2 Å². The molecule has 2 N–H and O–H groups in total. The van der Waals surface area contributed by atoms with Crippen molar-refractivity contribution in [3.8, 4) is 0 Å². The zero-order valence-corrected chi connectivity index (χ0v) is 14.5. The smallest absolute Gasteiger partial charge is 0.228 e. The molecule has 0 aromatic carbocycles. The summed E-state index contributed by atoms with van der Waals surface area (Å²) in [4.78, 5) is 19.6. The van der Waals surface area contributed by atoms with Gasteiger partial charge in [-0.15, -0.1) is 0 Å². The first-order chi connectivity index (χ1) is 11.7. The van der Waals surface area contributed by atoms with Gasteiger partial charge in [0.2, 0.25) is 5.91 Å². The Bertz CT molecular complexity index is 529. The van der Waals surface area contributed by atoms with Crippen LogP contribution in [0.5, 0.6) is 0 Å². The third-order valence-electron chi connectivity index (χ3n) is 5.16. The van der Waals surface area contributed by atoms with Gasteiger partial charge in [0.05, 0.1) is 12.0 Å². The van der Waals surface area contributed by atoms with E-state index in [1.165, 1.54) is 12.8 Å². The van der Waals surface area contributed by atoms with Crippen LogP contribution in [-0.2, 0) is 16.1 Å². The number of amides is 1. The number of rotatable bonds is 6. The molecule has 2 aliphatic rings. The van der Waals surface area contributed by atoms with E-state index < -0.39 is 5.41 Å². The van der Waals surface area contributed by atoms with Crippen LogP contribution in [0.25, 0.3) is 0 Å². The molecule has 2 saturated heterocycles. The van der Waals surface area contributed by atoms with Crippen LogP contribution in [0.4, 0.5) is 5.82 Å².